The van der Waals surface area contributed by atoms with Crippen molar-refractivity contribution in [1.82, 2.24) is 4.90 Å². The van der Waals surface area contributed by atoms with E-state index in [0.717, 1.165) is 30.6 Å². The van der Waals surface area contributed by atoms with Crippen LogP contribution in [0.2, 0.25) is 0 Å². The third kappa shape index (κ3) is 2.93. The Morgan fingerprint density at radius 1 is 1.25 bits per heavy atom. The highest BCUT2D eigenvalue weighted by Gasteiger charge is 2.48. The highest BCUT2D eigenvalue weighted by Crippen LogP contribution is 2.37. The lowest BCUT2D eigenvalue weighted by atomic mass is 9.81. The Labute approximate surface area is 140 Å². The molecule has 2 atom stereocenters. The van der Waals surface area contributed by atoms with Crippen molar-refractivity contribution in [3.8, 4) is 5.75 Å². The fraction of sp³-hybridized carbons (Fsp3) is 0.471. The predicted molar refractivity (Wildman–Crippen MR) is 88.2 cm³/mol. The number of carbonyl (C=O) groups is 3. The van der Waals surface area contributed by atoms with Crippen LogP contribution in [0.5, 0.6) is 5.75 Å². The Bertz CT molecular complexity index is 664. The first-order valence-corrected chi connectivity index (χ1v) is 8.10. The number of carbonyl (C=O) groups excluding carboxylic acids is 3. The topological polar surface area (TPSA) is 102 Å². The molecule has 3 N–H and O–H groups in total. The summed E-state index contributed by atoms with van der Waals surface area (Å²) in [6.45, 7) is -0.276. The number of benzene rings is 1. The molecular weight excluding hydrogens is 310 g/mol. The first-order valence-electron chi connectivity index (χ1n) is 8.10. The number of amides is 3. The molecule has 7 heteroatoms. The van der Waals surface area contributed by atoms with Gasteiger partial charge in [0.05, 0.1) is 30.3 Å². The normalized spacial score (nSPS) is 23.1. The molecule has 24 heavy (non-hydrogen) atoms. The van der Waals surface area contributed by atoms with Crippen LogP contribution in [0, 0.1) is 11.8 Å². The molecule has 2 unspecified atom stereocenters. The van der Waals surface area contributed by atoms with Crippen molar-refractivity contribution in [2.75, 3.05) is 24.7 Å². The number of ether oxygens (including phenoxy) is 1. The van der Waals surface area contributed by atoms with E-state index in [1.165, 1.54) is 7.11 Å². The number of nitrogens with zero attached hydrogens (tertiary/aromatic N) is 1. The molecule has 1 heterocycles. The number of nitrogens with one attached hydrogen (secondary N) is 1. The number of nitrogen functional groups attached to an aromatic ring is 1. The van der Waals surface area contributed by atoms with Gasteiger partial charge in [0.25, 0.3) is 0 Å². The maximum absolute atomic E-state index is 12.4. The van der Waals surface area contributed by atoms with Gasteiger partial charge < -0.3 is 15.8 Å². The van der Waals surface area contributed by atoms with E-state index in [0.29, 0.717) is 17.1 Å². The Morgan fingerprint density at radius 3 is 2.46 bits per heavy atom. The maximum Gasteiger partial charge on any atom is 0.244 e. The smallest absolute Gasteiger partial charge is 0.244 e. The van der Waals surface area contributed by atoms with Gasteiger partial charge in [0, 0.05) is 6.07 Å². The average Bonchev–Trinajstić information content (AvgIpc) is 2.82. The minimum absolute atomic E-state index is 0.224. The van der Waals surface area contributed by atoms with Gasteiger partial charge in [0.2, 0.25) is 17.7 Å². The van der Waals surface area contributed by atoms with Gasteiger partial charge in [-0.1, -0.05) is 12.8 Å². The van der Waals surface area contributed by atoms with Gasteiger partial charge in [-0.05, 0) is 25.0 Å². The maximum atomic E-state index is 12.4. The molecule has 3 rings (SSSR count). The number of rotatable bonds is 4. The second kappa shape index (κ2) is 6.51. The molecule has 1 aliphatic carbocycles. The van der Waals surface area contributed by atoms with E-state index in [9.17, 15) is 14.4 Å². The monoisotopic (exact) mass is 331 g/mol. The van der Waals surface area contributed by atoms with Crippen molar-refractivity contribution in [1.29, 1.82) is 0 Å². The van der Waals surface area contributed by atoms with E-state index in [1.807, 2.05) is 0 Å². The highest BCUT2D eigenvalue weighted by molar-refractivity contribution is 6.09. The van der Waals surface area contributed by atoms with Crippen molar-refractivity contribution >= 4 is 29.1 Å². The van der Waals surface area contributed by atoms with Crippen molar-refractivity contribution in [3.63, 3.8) is 0 Å². The zero-order valence-corrected chi connectivity index (χ0v) is 13.6. The Hall–Kier alpha value is -2.57. The molecule has 1 aliphatic heterocycles. The van der Waals surface area contributed by atoms with Gasteiger partial charge in [-0.25, -0.2) is 0 Å². The number of fused-ring (bicyclic) bond motifs is 1. The summed E-state index contributed by atoms with van der Waals surface area (Å²) in [4.78, 5) is 38.1. The summed E-state index contributed by atoms with van der Waals surface area (Å²) in [5.41, 5.74) is 6.62. The van der Waals surface area contributed by atoms with Gasteiger partial charge in [0.1, 0.15) is 12.3 Å². The van der Waals surface area contributed by atoms with Crippen LogP contribution in [-0.2, 0) is 14.4 Å². The van der Waals surface area contributed by atoms with Crippen LogP contribution in [0.3, 0.4) is 0 Å². The molecule has 7 nitrogen and oxygen atoms in total. The van der Waals surface area contributed by atoms with Crippen LogP contribution in [0.1, 0.15) is 25.7 Å². The summed E-state index contributed by atoms with van der Waals surface area (Å²) in [5.74, 6) is -0.840. The van der Waals surface area contributed by atoms with Crippen LogP contribution >= 0.6 is 0 Å². The molecule has 1 aromatic carbocycles. The summed E-state index contributed by atoms with van der Waals surface area (Å²) >= 11 is 0. The SMILES string of the molecule is COc1ccc(N)c(NC(=O)CN2C(=O)C3CCCCC3C2=O)c1. The van der Waals surface area contributed by atoms with Gasteiger partial charge in [-0.15, -0.1) is 0 Å². The summed E-state index contributed by atoms with van der Waals surface area (Å²) in [5, 5.41) is 2.64. The molecule has 128 valence electrons. The summed E-state index contributed by atoms with van der Waals surface area (Å²) in [7, 11) is 1.51. The molecular formula is C17H21N3O4. The number of hydrogen-bond acceptors (Lipinski definition) is 5. The van der Waals surface area contributed by atoms with E-state index in [1.54, 1.807) is 18.2 Å². The third-order valence-corrected chi connectivity index (χ3v) is 4.77. The molecule has 3 amide bonds. The van der Waals surface area contributed by atoms with Crippen molar-refractivity contribution in [2.24, 2.45) is 11.8 Å². The quantitative estimate of drug-likeness (QED) is 0.641. The molecule has 0 bridgehead atoms. The molecule has 0 radical (unpaired) electrons. The lowest BCUT2D eigenvalue weighted by Gasteiger charge is -2.19. The molecule has 1 aromatic rings. The standard InChI is InChI=1S/C17H21N3O4/c1-24-10-6-7-13(18)14(8-10)19-15(21)9-20-16(22)11-4-2-3-5-12(11)17(20)23/h6-8,11-12H,2-5,9,18H2,1H3,(H,19,21). The minimum atomic E-state index is -0.449. The van der Waals surface area contributed by atoms with Gasteiger partial charge in [-0.2, -0.15) is 0 Å². The number of hydrogen-bond donors (Lipinski definition) is 2. The zero-order valence-electron chi connectivity index (χ0n) is 13.6. The van der Waals surface area contributed by atoms with Crippen molar-refractivity contribution < 1.29 is 19.1 Å². The second-order valence-electron chi connectivity index (χ2n) is 6.26. The largest absolute Gasteiger partial charge is 0.497 e. The van der Waals surface area contributed by atoms with E-state index in [-0.39, 0.29) is 30.2 Å². The number of nitrogens with two attached hydrogens (primary N) is 1. The fourth-order valence-corrected chi connectivity index (χ4v) is 3.49. The molecule has 2 aliphatic rings. The van der Waals surface area contributed by atoms with Crippen molar-refractivity contribution in [2.45, 2.75) is 25.7 Å². The number of imide groups is 1. The minimum Gasteiger partial charge on any atom is -0.497 e. The fourth-order valence-electron chi connectivity index (χ4n) is 3.49. The van der Waals surface area contributed by atoms with Crippen LogP contribution in [0.25, 0.3) is 0 Å². The lowest BCUT2D eigenvalue weighted by Crippen LogP contribution is -2.38. The van der Waals surface area contributed by atoms with Crippen LogP contribution in [0.4, 0.5) is 11.4 Å². The number of likely N-dealkylation sites (tertiary alicyclic amines) is 1. The zero-order chi connectivity index (χ0) is 17.3. The summed E-state index contributed by atoms with van der Waals surface area (Å²) in [6, 6.07) is 4.90. The van der Waals surface area contributed by atoms with E-state index >= 15 is 0 Å². The Balaban J connectivity index is 1.69. The lowest BCUT2D eigenvalue weighted by molar-refractivity contribution is -0.142. The van der Waals surface area contributed by atoms with Gasteiger partial charge >= 0.3 is 0 Å². The van der Waals surface area contributed by atoms with Gasteiger partial charge in [0.15, 0.2) is 0 Å². The molecule has 1 saturated carbocycles. The second-order valence-corrected chi connectivity index (χ2v) is 6.26. The predicted octanol–water partition coefficient (Wildman–Crippen LogP) is 1.39. The number of methoxy groups -OCH3 is 1. The van der Waals surface area contributed by atoms with E-state index in [2.05, 4.69) is 5.32 Å². The van der Waals surface area contributed by atoms with Crippen molar-refractivity contribution in [3.05, 3.63) is 18.2 Å². The van der Waals surface area contributed by atoms with Gasteiger partial charge in [-0.3, -0.25) is 19.3 Å². The first-order chi connectivity index (χ1) is 11.5. The van der Waals surface area contributed by atoms with E-state index < -0.39 is 5.91 Å². The average molecular weight is 331 g/mol. The van der Waals surface area contributed by atoms with Crippen LogP contribution in [0.15, 0.2) is 18.2 Å². The molecule has 0 spiro atoms. The highest BCUT2D eigenvalue weighted by atomic mass is 16.5. The third-order valence-electron chi connectivity index (χ3n) is 4.77. The van der Waals surface area contributed by atoms with E-state index in [4.69, 9.17) is 10.5 Å². The van der Waals surface area contributed by atoms with Crippen LogP contribution in [-0.4, -0.2) is 36.3 Å². The molecule has 2 fully saturated rings. The molecule has 0 aromatic heterocycles. The van der Waals surface area contributed by atoms with Crippen LogP contribution < -0.4 is 15.8 Å². The molecule has 1 saturated heterocycles. The Kier molecular flexibility index (Phi) is 4.42. The summed E-state index contributed by atoms with van der Waals surface area (Å²) < 4.78 is 5.10. The number of anilines is 2. The first kappa shape index (κ1) is 16.3. The summed E-state index contributed by atoms with van der Waals surface area (Å²) in [6.07, 6.45) is 3.38. The Morgan fingerprint density at radius 2 is 1.88 bits per heavy atom.